The Morgan fingerprint density at radius 3 is 2.73 bits per heavy atom. The van der Waals surface area contributed by atoms with Crippen molar-refractivity contribution in [1.29, 1.82) is 0 Å². The zero-order valence-corrected chi connectivity index (χ0v) is 12.4. The Labute approximate surface area is 126 Å². The average molecular weight is 319 g/mol. The van der Waals surface area contributed by atoms with Crippen LogP contribution in [0, 0.1) is 0 Å². The third kappa shape index (κ3) is 1.89. The second kappa shape index (κ2) is 4.42. The predicted octanol–water partition coefficient (Wildman–Crippen LogP) is 0.804. The fourth-order valence-corrected chi connectivity index (χ4v) is 5.32. The van der Waals surface area contributed by atoms with Crippen LogP contribution in [-0.4, -0.2) is 42.8 Å². The third-order valence-corrected chi connectivity index (χ3v) is 6.62. The van der Waals surface area contributed by atoms with E-state index in [2.05, 4.69) is 0 Å². The first-order chi connectivity index (χ1) is 10.5. The summed E-state index contributed by atoms with van der Waals surface area (Å²) in [5, 5.41) is -0.0572. The van der Waals surface area contributed by atoms with Gasteiger partial charge in [0.05, 0.1) is 16.4 Å². The van der Waals surface area contributed by atoms with E-state index in [0.29, 0.717) is 17.4 Å². The highest BCUT2D eigenvalue weighted by Gasteiger charge is 2.50. The van der Waals surface area contributed by atoms with Gasteiger partial charge >= 0.3 is 0 Å². The lowest BCUT2D eigenvalue weighted by Crippen LogP contribution is -2.44. The number of rotatable bonds is 1. The van der Waals surface area contributed by atoms with E-state index < -0.39 is 21.0 Å². The minimum Gasteiger partial charge on any atom is -0.451 e. The molecule has 4 rings (SSSR count). The van der Waals surface area contributed by atoms with Crippen molar-refractivity contribution >= 4 is 26.7 Å². The lowest BCUT2D eigenvalue weighted by Gasteiger charge is -2.26. The van der Waals surface area contributed by atoms with Crippen molar-refractivity contribution in [3.05, 3.63) is 46.3 Å². The average Bonchev–Trinajstić information content (AvgIpc) is 3.02. The molecule has 22 heavy (non-hydrogen) atoms. The first-order valence-corrected chi connectivity index (χ1v) is 8.73. The minimum atomic E-state index is -3.07. The number of benzene rings is 1. The number of nitrogens with zero attached hydrogens (tertiary/aromatic N) is 1. The Kier molecular flexibility index (Phi) is 2.72. The highest BCUT2D eigenvalue weighted by molar-refractivity contribution is 7.92. The highest BCUT2D eigenvalue weighted by Crippen LogP contribution is 2.33. The first-order valence-electron chi connectivity index (χ1n) is 7.01. The molecule has 0 N–H and O–H groups in total. The Morgan fingerprint density at radius 1 is 1.27 bits per heavy atom. The van der Waals surface area contributed by atoms with Crippen molar-refractivity contribution in [2.45, 2.75) is 17.7 Å². The minimum absolute atomic E-state index is 0.00121. The van der Waals surface area contributed by atoms with Gasteiger partial charge in [0.2, 0.25) is 0 Å². The predicted molar refractivity (Wildman–Crippen MR) is 79.5 cm³/mol. The zero-order valence-electron chi connectivity index (χ0n) is 11.6. The summed E-state index contributed by atoms with van der Waals surface area (Å²) in [6.45, 7) is 0.183. The molecule has 1 aromatic carbocycles. The molecule has 3 heterocycles. The summed E-state index contributed by atoms with van der Waals surface area (Å²) >= 11 is 0. The van der Waals surface area contributed by atoms with Crippen LogP contribution in [0.4, 0.5) is 0 Å². The van der Waals surface area contributed by atoms with Crippen molar-refractivity contribution in [1.82, 2.24) is 4.90 Å². The van der Waals surface area contributed by atoms with E-state index in [0.717, 1.165) is 0 Å². The van der Waals surface area contributed by atoms with Gasteiger partial charge in [0, 0.05) is 18.7 Å². The van der Waals surface area contributed by atoms with E-state index in [1.165, 1.54) is 11.0 Å². The summed E-state index contributed by atoms with van der Waals surface area (Å²) in [5.74, 6) is -0.444. The lowest BCUT2D eigenvalue weighted by atomic mass is 10.2. The molecule has 1 aromatic heterocycles. The monoisotopic (exact) mass is 319 g/mol. The highest BCUT2D eigenvalue weighted by atomic mass is 32.2. The van der Waals surface area contributed by atoms with Gasteiger partial charge in [0.15, 0.2) is 21.0 Å². The van der Waals surface area contributed by atoms with E-state index >= 15 is 0 Å². The summed E-state index contributed by atoms with van der Waals surface area (Å²) in [6, 6.07) is 7.60. The van der Waals surface area contributed by atoms with E-state index in [9.17, 15) is 18.0 Å². The van der Waals surface area contributed by atoms with Gasteiger partial charge in [-0.05, 0) is 18.6 Å². The van der Waals surface area contributed by atoms with Gasteiger partial charge in [0.25, 0.3) is 5.91 Å². The van der Waals surface area contributed by atoms with Crippen LogP contribution in [-0.2, 0) is 9.84 Å². The normalized spacial score (nSPS) is 25.7. The fourth-order valence-electron chi connectivity index (χ4n) is 3.30. The molecule has 7 heteroatoms. The van der Waals surface area contributed by atoms with Crippen LogP contribution in [0.25, 0.3) is 11.0 Å². The number of hydrogen-bond donors (Lipinski definition) is 0. The zero-order chi connectivity index (χ0) is 15.5. The number of amides is 1. The first kappa shape index (κ1) is 13.5. The van der Waals surface area contributed by atoms with Crippen molar-refractivity contribution in [3.63, 3.8) is 0 Å². The Hall–Kier alpha value is -2.15. The van der Waals surface area contributed by atoms with Crippen molar-refractivity contribution in [2.75, 3.05) is 12.3 Å². The van der Waals surface area contributed by atoms with Gasteiger partial charge in [-0.25, -0.2) is 8.42 Å². The molecule has 2 aromatic rings. The molecule has 2 aliphatic heterocycles. The molecular weight excluding hydrogens is 306 g/mol. The van der Waals surface area contributed by atoms with Crippen LogP contribution in [0.5, 0.6) is 0 Å². The van der Waals surface area contributed by atoms with Crippen LogP contribution < -0.4 is 5.43 Å². The molecule has 2 aliphatic rings. The third-order valence-electron chi connectivity index (χ3n) is 4.41. The maximum Gasteiger partial charge on any atom is 0.290 e. The van der Waals surface area contributed by atoms with E-state index in [1.807, 2.05) is 0 Å². The molecule has 0 radical (unpaired) electrons. The quantitative estimate of drug-likeness (QED) is 0.776. The van der Waals surface area contributed by atoms with Gasteiger partial charge in [-0.15, -0.1) is 0 Å². The summed E-state index contributed by atoms with van der Waals surface area (Å²) in [5.41, 5.74) is 0.0810. The number of fused-ring (bicyclic) bond motifs is 3. The fraction of sp³-hybridized carbons (Fsp3) is 0.333. The number of hydrogen-bond acceptors (Lipinski definition) is 5. The number of likely N-dealkylation sites (tertiary alicyclic amines) is 1. The molecule has 2 atom stereocenters. The number of sulfone groups is 1. The van der Waals surface area contributed by atoms with Gasteiger partial charge in [0.1, 0.15) is 5.58 Å². The summed E-state index contributed by atoms with van der Waals surface area (Å²) in [4.78, 5) is 26.1. The molecule has 0 saturated carbocycles. The van der Waals surface area contributed by atoms with Crippen LogP contribution in [0.1, 0.15) is 17.0 Å². The van der Waals surface area contributed by atoms with Crippen molar-refractivity contribution in [3.8, 4) is 0 Å². The molecule has 0 aliphatic carbocycles. The van der Waals surface area contributed by atoms with Crippen LogP contribution >= 0.6 is 0 Å². The summed E-state index contributed by atoms with van der Waals surface area (Å²) in [7, 11) is -3.07. The number of carbonyl (C=O) groups is 1. The molecule has 6 nitrogen and oxygen atoms in total. The maximum atomic E-state index is 12.5. The second-order valence-corrected chi connectivity index (χ2v) is 8.10. The van der Waals surface area contributed by atoms with Gasteiger partial charge < -0.3 is 9.32 Å². The number of carbonyl (C=O) groups excluding carboxylic acids is 1. The molecule has 0 spiro atoms. The summed E-state index contributed by atoms with van der Waals surface area (Å²) in [6.07, 6.45) is 0.478. The molecule has 2 bridgehead atoms. The van der Waals surface area contributed by atoms with E-state index in [-0.39, 0.29) is 29.5 Å². The second-order valence-electron chi connectivity index (χ2n) is 5.77. The van der Waals surface area contributed by atoms with Gasteiger partial charge in [-0.1, -0.05) is 12.1 Å². The Balaban J connectivity index is 1.72. The van der Waals surface area contributed by atoms with Gasteiger partial charge in [-0.2, -0.15) is 0 Å². The number of para-hydroxylation sites is 1. The summed E-state index contributed by atoms with van der Waals surface area (Å²) < 4.78 is 29.0. The Bertz CT molecular complexity index is 946. The lowest BCUT2D eigenvalue weighted by molar-refractivity contribution is 0.0714. The molecule has 2 fully saturated rings. The molecule has 2 unspecified atom stereocenters. The molecule has 114 valence electrons. The smallest absolute Gasteiger partial charge is 0.290 e. The van der Waals surface area contributed by atoms with Crippen molar-refractivity contribution in [2.24, 2.45) is 0 Å². The van der Waals surface area contributed by atoms with E-state index in [4.69, 9.17) is 4.42 Å². The van der Waals surface area contributed by atoms with Gasteiger partial charge in [-0.3, -0.25) is 9.59 Å². The standard InChI is InChI=1S/C15H13NO5S/c17-12-6-14(21-13-4-2-1-3-11(12)13)15(18)16-7-10-5-9(16)8-22(10,19)20/h1-4,6,9-10H,5,7-8H2. The van der Waals surface area contributed by atoms with Crippen LogP contribution in [0.2, 0.25) is 0 Å². The Morgan fingerprint density at radius 2 is 2.05 bits per heavy atom. The van der Waals surface area contributed by atoms with E-state index in [1.54, 1.807) is 24.3 Å². The molecular formula is C15H13NO5S. The molecule has 2 saturated heterocycles. The van der Waals surface area contributed by atoms with Crippen LogP contribution in [0.3, 0.4) is 0 Å². The SMILES string of the molecule is O=C(c1cc(=O)c2ccccc2o1)N1CC2CC1CS2(=O)=O. The van der Waals surface area contributed by atoms with Crippen LogP contribution in [0.15, 0.2) is 39.5 Å². The topological polar surface area (TPSA) is 84.7 Å². The maximum absolute atomic E-state index is 12.5. The molecule has 1 amide bonds. The largest absolute Gasteiger partial charge is 0.451 e. The van der Waals surface area contributed by atoms with Crippen molar-refractivity contribution < 1.29 is 17.6 Å².